The zero-order valence-corrected chi connectivity index (χ0v) is 11.5. The van der Waals surface area contributed by atoms with Crippen molar-refractivity contribution in [3.05, 3.63) is 53.6 Å². The average molecular weight is 306 g/mol. The quantitative estimate of drug-likeness (QED) is 0.867. The third kappa shape index (κ3) is 2.56. The lowest BCUT2D eigenvalue weighted by atomic mass is 9.79. The largest absolute Gasteiger partial charge is 0.414 e. The van der Waals surface area contributed by atoms with Crippen molar-refractivity contribution in [2.75, 3.05) is 0 Å². The van der Waals surface area contributed by atoms with Gasteiger partial charge in [-0.05, 0) is 17.2 Å². The number of alkyl halides is 3. The molecule has 0 aromatic heterocycles. The molecule has 2 N–H and O–H groups in total. The monoisotopic (exact) mass is 306 g/mol. The first-order chi connectivity index (χ1) is 10.4. The van der Waals surface area contributed by atoms with Crippen LogP contribution in [-0.4, -0.2) is 23.8 Å². The first-order valence-corrected chi connectivity index (χ1v) is 6.77. The molecule has 2 unspecified atom stereocenters. The Hall–Kier alpha value is -2.37. The normalized spacial score (nSPS) is 25.0. The molecule has 1 aromatic carbocycles. The molecule has 1 aliphatic heterocycles. The van der Waals surface area contributed by atoms with Crippen LogP contribution in [0.15, 0.2) is 53.0 Å². The fourth-order valence-electron chi connectivity index (χ4n) is 2.78. The van der Waals surface area contributed by atoms with Gasteiger partial charge in [-0.25, -0.2) is 0 Å². The van der Waals surface area contributed by atoms with Gasteiger partial charge in [0.1, 0.15) is 11.6 Å². The summed E-state index contributed by atoms with van der Waals surface area (Å²) >= 11 is 0. The maximum absolute atomic E-state index is 13.3. The van der Waals surface area contributed by atoms with E-state index < -0.39 is 23.7 Å². The summed E-state index contributed by atoms with van der Waals surface area (Å²) < 4.78 is 40.0. The minimum absolute atomic E-state index is 0.0436. The highest BCUT2D eigenvalue weighted by molar-refractivity contribution is 6.05. The zero-order valence-electron chi connectivity index (χ0n) is 11.5. The predicted octanol–water partition coefficient (Wildman–Crippen LogP) is 2.89. The number of hydrogen-bond acceptors (Lipinski definition) is 3. The van der Waals surface area contributed by atoms with Crippen molar-refractivity contribution < 1.29 is 18.0 Å². The van der Waals surface area contributed by atoms with Gasteiger partial charge in [0.05, 0.1) is 24.0 Å². The van der Waals surface area contributed by atoms with Crippen molar-refractivity contribution in [3.8, 4) is 0 Å². The number of hydrogen-bond donors (Lipinski definition) is 1. The lowest BCUT2D eigenvalue weighted by Gasteiger charge is -2.32. The molecule has 1 aliphatic carbocycles. The van der Waals surface area contributed by atoms with Crippen molar-refractivity contribution >= 4 is 17.2 Å². The molecule has 0 fully saturated rings. The second kappa shape index (κ2) is 5.12. The number of aliphatic imine (C=N–C) groups is 1. The van der Waals surface area contributed by atoms with Gasteiger partial charge in [0.15, 0.2) is 0 Å². The lowest BCUT2D eigenvalue weighted by Crippen LogP contribution is -2.41. The number of carbonyl (C=O) groups is 1. The topological polar surface area (TPSA) is 55.4 Å². The Balaban J connectivity index is 2.13. The third-order valence-corrected chi connectivity index (χ3v) is 3.80. The van der Waals surface area contributed by atoms with Crippen molar-refractivity contribution in [3.63, 3.8) is 0 Å². The first kappa shape index (κ1) is 14.6. The highest BCUT2D eigenvalue weighted by Crippen LogP contribution is 2.41. The number of nitrogens with zero attached hydrogens (tertiary/aromatic N) is 1. The number of carbonyl (C=O) groups excluding carboxylic acids is 1. The Morgan fingerprint density at radius 2 is 1.86 bits per heavy atom. The molecular weight excluding hydrogens is 293 g/mol. The number of benzene rings is 1. The highest BCUT2D eigenvalue weighted by atomic mass is 19.4. The molecule has 0 bridgehead atoms. The fourth-order valence-corrected chi connectivity index (χ4v) is 2.78. The van der Waals surface area contributed by atoms with Crippen LogP contribution in [-0.2, 0) is 4.79 Å². The molecule has 1 aromatic rings. The van der Waals surface area contributed by atoms with Crippen LogP contribution in [0.5, 0.6) is 0 Å². The molecular formula is C16H13F3N2O. The fraction of sp³-hybridized carbons (Fsp3) is 0.250. The summed E-state index contributed by atoms with van der Waals surface area (Å²) in [4.78, 5) is 16.0. The van der Waals surface area contributed by atoms with Crippen LogP contribution in [0.1, 0.15) is 12.0 Å². The molecule has 2 aliphatic rings. The van der Waals surface area contributed by atoms with Gasteiger partial charge < -0.3 is 5.73 Å². The van der Waals surface area contributed by atoms with Crippen molar-refractivity contribution in [1.29, 1.82) is 0 Å². The Morgan fingerprint density at radius 3 is 2.50 bits per heavy atom. The van der Waals surface area contributed by atoms with E-state index in [4.69, 9.17) is 5.73 Å². The Kier molecular flexibility index (Phi) is 3.39. The van der Waals surface area contributed by atoms with Crippen molar-refractivity contribution in [1.82, 2.24) is 0 Å². The van der Waals surface area contributed by atoms with E-state index in [9.17, 15) is 18.0 Å². The van der Waals surface area contributed by atoms with Crippen LogP contribution in [0.3, 0.4) is 0 Å². The molecule has 3 rings (SSSR count). The standard InChI is InChI=1S/C16H13F3N2O/c17-16(18,19)12-7-10(9-4-2-1-3-5-9)6-11-13(22)8-14(20)21-15(11)12/h1-7,11,15H,8H2,(H2,20,21). The molecule has 3 nitrogen and oxygen atoms in total. The van der Waals surface area contributed by atoms with Gasteiger partial charge in [0.25, 0.3) is 0 Å². The average Bonchev–Trinajstić information content (AvgIpc) is 2.46. The minimum Gasteiger partial charge on any atom is -0.387 e. The van der Waals surface area contributed by atoms with Crippen LogP contribution in [0, 0.1) is 5.92 Å². The van der Waals surface area contributed by atoms with E-state index in [1.165, 1.54) is 0 Å². The van der Waals surface area contributed by atoms with Gasteiger partial charge in [0, 0.05) is 0 Å². The number of nitrogens with two attached hydrogens (primary N) is 1. The molecule has 0 spiro atoms. The van der Waals surface area contributed by atoms with Crippen LogP contribution in [0.2, 0.25) is 0 Å². The highest BCUT2D eigenvalue weighted by Gasteiger charge is 2.46. The minimum atomic E-state index is -4.56. The Labute approximate surface area is 125 Å². The summed E-state index contributed by atoms with van der Waals surface area (Å²) in [6.07, 6.45) is -2.04. The Bertz CT molecular complexity index is 702. The maximum atomic E-state index is 13.3. The van der Waals surface area contributed by atoms with Crippen LogP contribution in [0.4, 0.5) is 13.2 Å². The molecule has 114 valence electrons. The van der Waals surface area contributed by atoms with Crippen molar-refractivity contribution in [2.45, 2.75) is 18.6 Å². The van der Waals surface area contributed by atoms with Gasteiger partial charge in [-0.1, -0.05) is 36.4 Å². The number of ketones is 1. The van der Waals surface area contributed by atoms with E-state index in [1.54, 1.807) is 36.4 Å². The summed E-state index contributed by atoms with van der Waals surface area (Å²) in [6, 6.07) is 7.41. The number of halogens is 3. The van der Waals surface area contributed by atoms with E-state index >= 15 is 0 Å². The summed E-state index contributed by atoms with van der Waals surface area (Å²) in [5.41, 5.74) is 5.70. The molecule has 6 heteroatoms. The SMILES string of the molecule is NC1=NC2C(C(F)(F)F)=CC(c3ccccc3)=CC2C(=O)C1. The molecule has 0 saturated heterocycles. The summed E-state index contributed by atoms with van der Waals surface area (Å²) in [5.74, 6) is -1.29. The molecule has 0 radical (unpaired) electrons. The molecule has 0 amide bonds. The number of Topliss-reactive ketones (excluding diaryl/α,β-unsaturated/α-hetero) is 1. The number of rotatable bonds is 1. The van der Waals surface area contributed by atoms with Crippen LogP contribution in [0.25, 0.3) is 5.57 Å². The molecule has 0 saturated carbocycles. The summed E-state index contributed by atoms with van der Waals surface area (Å²) in [5, 5.41) is 0. The van der Waals surface area contributed by atoms with Gasteiger partial charge in [-0.2, -0.15) is 13.2 Å². The second-order valence-corrected chi connectivity index (χ2v) is 5.32. The summed E-state index contributed by atoms with van der Waals surface area (Å²) in [6.45, 7) is 0. The predicted molar refractivity (Wildman–Crippen MR) is 77.1 cm³/mol. The smallest absolute Gasteiger partial charge is 0.387 e. The summed E-state index contributed by atoms with van der Waals surface area (Å²) in [7, 11) is 0. The maximum Gasteiger partial charge on any atom is 0.414 e. The van der Waals surface area contributed by atoms with Gasteiger partial charge in [0.2, 0.25) is 0 Å². The second-order valence-electron chi connectivity index (χ2n) is 5.32. The third-order valence-electron chi connectivity index (χ3n) is 3.80. The first-order valence-electron chi connectivity index (χ1n) is 6.77. The van der Waals surface area contributed by atoms with E-state index in [-0.39, 0.29) is 18.0 Å². The number of allylic oxidation sites excluding steroid dienone is 2. The van der Waals surface area contributed by atoms with Gasteiger partial charge in [-0.15, -0.1) is 0 Å². The lowest BCUT2D eigenvalue weighted by molar-refractivity contribution is -0.122. The van der Waals surface area contributed by atoms with Crippen LogP contribution >= 0.6 is 0 Å². The molecule has 2 atom stereocenters. The van der Waals surface area contributed by atoms with Gasteiger partial charge >= 0.3 is 6.18 Å². The van der Waals surface area contributed by atoms with Crippen molar-refractivity contribution in [2.24, 2.45) is 16.6 Å². The molecule has 1 heterocycles. The van der Waals surface area contributed by atoms with Crippen LogP contribution < -0.4 is 5.73 Å². The number of amidine groups is 1. The number of fused-ring (bicyclic) bond motifs is 1. The Morgan fingerprint density at radius 1 is 1.18 bits per heavy atom. The van der Waals surface area contributed by atoms with E-state index in [0.29, 0.717) is 11.1 Å². The van der Waals surface area contributed by atoms with E-state index in [2.05, 4.69) is 4.99 Å². The van der Waals surface area contributed by atoms with E-state index in [0.717, 1.165) is 6.08 Å². The van der Waals surface area contributed by atoms with Gasteiger partial charge in [-0.3, -0.25) is 9.79 Å². The molecule has 22 heavy (non-hydrogen) atoms. The zero-order chi connectivity index (χ0) is 15.9. The van der Waals surface area contributed by atoms with E-state index in [1.807, 2.05) is 0 Å².